The normalized spacial score (nSPS) is 17.9. The number of likely N-dealkylation sites (N-methyl/N-ethyl adjacent to an activating group) is 1. The lowest BCUT2D eigenvalue weighted by Crippen LogP contribution is -2.50. The lowest BCUT2D eigenvalue weighted by molar-refractivity contribution is -0.384. The highest BCUT2D eigenvalue weighted by atomic mass is 16.6. The van der Waals surface area contributed by atoms with Gasteiger partial charge < -0.3 is 14.5 Å². The second-order valence-electron chi connectivity index (χ2n) is 7.31. The number of carbonyl (C=O) groups excluding carboxylic acids is 1. The third-order valence-electron chi connectivity index (χ3n) is 4.06. The zero-order chi connectivity index (χ0) is 18.6. The van der Waals surface area contributed by atoms with E-state index in [1.54, 1.807) is 22.9 Å². The van der Waals surface area contributed by atoms with Gasteiger partial charge in [0.05, 0.1) is 11.0 Å². The van der Waals surface area contributed by atoms with Gasteiger partial charge in [0.2, 0.25) is 5.82 Å². The van der Waals surface area contributed by atoms with E-state index < -0.39 is 10.5 Å². The van der Waals surface area contributed by atoms with Crippen LogP contribution in [0.2, 0.25) is 0 Å². The van der Waals surface area contributed by atoms with Crippen LogP contribution in [-0.4, -0.2) is 52.7 Å². The summed E-state index contributed by atoms with van der Waals surface area (Å²) in [6.07, 6.45) is 3.99. The van der Waals surface area contributed by atoms with Crippen molar-refractivity contribution in [1.82, 2.24) is 9.88 Å². The number of pyridine rings is 1. The Hall–Kier alpha value is -2.38. The van der Waals surface area contributed by atoms with Gasteiger partial charge in [0, 0.05) is 32.4 Å². The van der Waals surface area contributed by atoms with Crippen molar-refractivity contribution < 1.29 is 14.5 Å². The molecule has 138 valence electrons. The van der Waals surface area contributed by atoms with Crippen LogP contribution in [0.5, 0.6) is 0 Å². The van der Waals surface area contributed by atoms with Crippen molar-refractivity contribution in [3.63, 3.8) is 0 Å². The van der Waals surface area contributed by atoms with Gasteiger partial charge in [-0.05, 0) is 46.1 Å². The summed E-state index contributed by atoms with van der Waals surface area (Å²) in [5, 5.41) is 11.2. The molecule has 1 aliphatic heterocycles. The maximum absolute atomic E-state index is 12.5. The summed E-state index contributed by atoms with van der Waals surface area (Å²) in [4.78, 5) is 30.9. The number of ether oxygens (including phenoxy) is 1. The zero-order valence-electron chi connectivity index (χ0n) is 15.3. The van der Waals surface area contributed by atoms with Crippen LogP contribution in [0.3, 0.4) is 0 Å². The molecule has 1 amide bonds. The van der Waals surface area contributed by atoms with Gasteiger partial charge in [0.1, 0.15) is 5.60 Å². The minimum absolute atomic E-state index is 0.0374. The minimum Gasteiger partial charge on any atom is -0.444 e. The Morgan fingerprint density at radius 2 is 2.20 bits per heavy atom. The number of hydrogen-bond donors (Lipinski definition) is 0. The lowest BCUT2D eigenvalue weighted by atomic mass is 10.0. The fourth-order valence-corrected chi connectivity index (χ4v) is 2.98. The average Bonchev–Trinajstić information content (AvgIpc) is 2.53. The van der Waals surface area contributed by atoms with E-state index >= 15 is 0 Å². The van der Waals surface area contributed by atoms with Crippen molar-refractivity contribution in [1.29, 1.82) is 0 Å². The van der Waals surface area contributed by atoms with Gasteiger partial charge in [-0.2, -0.15) is 0 Å². The molecule has 0 unspecified atom stereocenters. The Morgan fingerprint density at radius 1 is 1.48 bits per heavy atom. The van der Waals surface area contributed by atoms with Crippen LogP contribution in [0.1, 0.15) is 40.0 Å². The molecule has 0 bridgehead atoms. The first-order chi connectivity index (χ1) is 11.7. The smallest absolute Gasteiger partial charge is 0.410 e. The second-order valence-corrected chi connectivity index (χ2v) is 7.31. The largest absolute Gasteiger partial charge is 0.444 e. The molecule has 0 spiro atoms. The lowest BCUT2D eigenvalue weighted by Gasteiger charge is -2.38. The first-order valence-electron chi connectivity index (χ1n) is 8.49. The van der Waals surface area contributed by atoms with Crippen LogP contribution >= 0.6 is 0 Å². The molecule has 0 saturated carbocycles. The Kier molecular flexibility index (Phi) is 5.81. The number of nitrogens with zero attached hydrogens (tertiary/aromatic N) is 4. The molecule has 1 aromatic heterocycles. The molecule has 1 fully saturated rings. The maximum atomic E-state index is 12.5. The van der Waals surface area contributed by atoms with Gasteiger partial charge in [-0.15, -0.1) is 0 Å². The van der Waals surface area contributed by atoms with Crippen molar-refractivity contribution >= 4 is 17.6 Å². The summed E-state index contributed by atoms with van der Waals surface area (Å²) in [6.45, 7) is 6.63. The second kappa shape index (κ2) is 7.67. The van der Waals surface area contributed by atoms with Gasteiger partial charge in [0.15, 0.2) is 0 Å². The summed E-state index contributed by atoms with van der Waals surface area (Å²) in [7, 11) is 1.76. The first kappa shape index (κ1) is 19.0. The molecule has 1 aromatic rings. The summed E-state index contributed by atoms with van der Waals surface area (Å²) in [6, 6.07) is 2.92. The monoisotopic (exact) mass is 350 g/mol. The van der Waals surface area contributed by atoms with Crippen LogP contribution in [0.15, 0.2) is 18.3 Å². The third-order valence-corrected chi connectivity index (χ3v) is 4.06. The highest BCUT2D eigenvalue weighted by Gasteiger charge is 2.32. The van der Waals surface area contributed by atoms with Crippen molar-refractivity contribution in [2.24, 2.45) is 0 Å². The fourth-order valence-electron chi connectivity index (χ4n) is 2.98. The number of nitro groups is 1. The van der Waals surface area contributed by atoms with Gasteiger partial charge >= 0.3 is 11.8 Å². The number of hydrogen-bond acceptors (Lipinski definition) is 6. The standard InChI is InChI=1S/C17H26N4O4/c1-17(2,3)25-16(22)20-11-6-5-8-13(20)12-19(4)15-14(21(23)24)9-7-10-18-15/h7,9-10,13H,5-6,8,11-12H2,1-4H3/t13-/m0/s1. The highest BCUT2D eigenvalue weighted by Crippen LogP contribution is 2.26. The van der Waals surface area contributed by atoms with E-state index in [2.05, 4.69) is 4.98 Å². The quantitative estimate of drug-likeness (QED) is 0.612. The minimum atomic E-state index is -0.551. The van der Waals surface area contributed by atoms with Crippen molar-refractivity contribution in [2.45, 2.75) is 51.7 Å². The van der Waals surface area contributed by atoms with Gasteiger partial charge in [-0.25, -0.2) is 9.78 Å². The predicted octanol–water partition coefficient (Wildman–Crippen LogP) is 3.22. The van der Waals surface area contributed by atoms with Gasteiger partial charge in [0.25, 0.3) is 0 Å². The Morgan fingerprint density at radius 3 is 2.84 bits per heavy atom. The summed E-state index contributed by atoms with van der Waals surface area (Å²) >= 11 is 0. The molecular formula is C17H26N4O4. The number of likely N-dealkylation sites (tertiary alicyclic amines) is 1. The molecule has 1 aliphatic rings. The fraction of sp³-hybridized carbons (Fsp3) is 0.647. The number of rotatable bonds is 4. The molecule has 8 heteroatoms. The van der Waals surface area contributed by atoms with Gasteiger partial charge in [-0.1, -0.05) is 0 Å². The Bertz CT molecular complexity index is 629. The van der Waals surface area contributed by atoms with E-state index in [9.17, 15) is 14.9 Å². The third kappa shape index (κ3) is 5.04. The first-order valence-corrected chi connectivity index (χ1v) is 8.49. The van der Waals surface area contributed by atoms with Crippen LogP contribution < -0.4 is 4.90 Å². The van der Waals surface area contributed by atoms with E-state index in [1.165, 1.54) is 12.3 Å². The van der Waals surface area contributed by atoms with Crippen LogP contribution in [0, 0.1) is 10.1 Å². The Balaban J connectivity index is 2.13. The summed E-state index contributed by atoms with van der Waals surface area (Å²) < 4.78 is 5.50. The van der Waals surface area contributed by atoms with E-state index in [4.69, 9.17) is 4.74 Å². The number of aromatic nitrogens is 1. The number of piperidine rings is 1. The molecular weight excluding hydrogens is 324 g/mol. The molecule has 0 aliphatic carbocycles. The topological polar surface area (TPSA) is 88.8 Å². The molecule has 1 saturated heterocycles. The average molecular weight is 350 g/mol. The Labute approximate surface area is 147 Å². The van der Waals surface area contributed by atoms with Crippen LogP contribution in [-0.2, 0) is 4.74 Å². The molecule has 8 nitrogen and oxygen atoms in total. The predicted molar refractivity (Wildman–Crippen MR) is 94.7 cm³/mol. The van der Waals surface area contributed by atoms with E-state index in [1.807, 2.05) is 20.8 Å². The van der Waals surface area contributed by atoms with E-state index in [0.717, 1.165) is 19.3 Å². The molecule has 0 N–H and O–H groups in total. The molecule has 2 rings (SSSR count). The molecule has 0 radical (unpaired) electrons. The van der Waals surface area contributed by atoms with Crippen LogP contribution in [0.25, 0.3) is 0 Å². The number of anilines is 1. The molecule has 1 atom stereocenters. The summed E-state index contributed by atoms with van der Waals surface area (Å²) in [5.74, 6) is 0.308. The highest BCUT2D eigenvalue weighted by molar-refractivity contribution is 5.69. The molecule has 25 heavy (non-hydrogen) atoms. The molecule has 2 heterocycles. The number of carbonyl (C=O) groups is 1. The van der Waals surface area contributed by atoms with E-state index in [0.29, 0.717) is 18.9 Å². The summed E-state index contributed by atoms with van der Waals surface area (Å²) in [5.41, 5.74) is -0.588. The number of amides is 1. The van der Waals surface area contributed by atoms with Crippen molar-refractivity contribution in [2.75, 3.05) is 25.0 Å². The SMILES string of the molecule is CN(C[C@@H]1CCCCN1C(=O)OC(C)(C)C)c1ncccc1[N+](=O)[O-]. The van der Waals surface area contributed by atoms with Crippen molar-refractivity contribution in [3.05, 3.63) is 28.4 Å². The maximum Gasteiger partial charge on any atom is 0.410 e. The van der Waals surface area contributed by atoms with E-state index in [-0.39, 0.29) is 17.8 Å². The van der Waals surface area contributed by atoms with Crippen LogP contribution in [0.4, 0.5) is 16.3 Å². The van der Waals surface area contributed by atoms with Gasteiger partial charge in [-0.3, -0.25) is 10.1 Å². The van der Waals surface area contributed by atoms with Crippen molar-refractivity contribution in [3.8, 4) is 0 Å². The molecule has 0 aromatic carbocycles. The zero-order valence-corrected chi connectivity index (χ0v) is 15.3.